The molecule has 0 radical (unpaired) electrons. The summed E-state index contributed by atoms with van der Waals surface area (Å²) in [5.74, 6) is 1.95. The zero-order chi connectivity index (χ0) is 15.1. The molecule has 1 heterocycles. The Morgan fingerprint density at radius 2 is 1.90 bits per heavy atom. The van der Waals surface area contributed by atoms with Crippen LogP contribution in [-0.2, 0) is 6.54 Å². The number of hydrogen-bond acceptors (Lipinski definition) is 4. The molecule has 118 valence electrons. The van der Waals surface area contributed by atoms with E-state index in [0.29, 0.717) is 6.04 Å². The van der Waals surface area contributed by atoms with E-state index in [1.165, 1.54) is 32.1 Å². The van der Waals surface area contributed by atoms with E-state index in [2.05, 4.69) is 53.4 Å². The van der Waals surface area contributed by atoms with E-state index < -0.39 is 0 Å². The minimum atomic E-state index is 0.631. The van der Waals surface area contributed by atoms with E-state index in [0.717, 1.165) is 36.9 Å². The molecule has 0 aliphatic heterocycles. The van der Waals surface area contributed by atoms with Crippen LogP contribution >= 0.6 is 0 Å². The molecule has 0 spiro atoms. The van der Waals surface area contributed by atoms with E-state index >= 15 is 0 Å². The van der Waals surface area contributed by atoms with Crippen LogP contribution in [0.15, 0.2) is 12.1 Å². The third kappa shape index (κ3) is 4.67. The third-order valence-corrected chi connectivity index (χ3v) is 4.74. The van der Waals surface area contributed by atoms with Gasteiger partial charge in [-0.15, -0.1) is 5.10 Å². The predicted molar refractivity (Wildman–Crippen MR) is 88.5 cm³/mol. The second kappa shape index (κ2) is 8.32. The molecule has 1 fully saturated rings. The Kier molecular flexibility index (Phi) is 6.43. The fourth-order valence-electron chi connectivity index (χ4n) is 3.16. The van der Waals surface area contributed by atoms with Crippen LogP contribution in [0.25, 0.3) is 0 Å². The Morgan fingerprint density at radius 3 is 2.48 bits per heavy atom. The van der Waals surface area contributed by atoms with Crippen LogP contribution in [0.2, 0.25) is 0 Å². The summed E-state index contributed by atoms with van der Waals surface area (Å²) in [6.45, 7) is 6.33. The minimum Gasteiger partial charge on any atom is -0.355 e. The van der Waals surface area contributed by atoms with E-state index in [1.54, 1.807) is 0 Å². The van der Waals surface area contributed by atoms with Gasteiger partial charge in [0.15, 0.2) is 5.82 Å². The standard InChI is InChI=1S/C17H30N4/c1-4-12-18-13-15-8-11-17(20-19-15)21(3)16-9-6-14(5-2)7-10-16/h8,11,14,16,18H,4-7,9-10,12-13H2,1-3H3. The fraction of sp³-hybridized carbons (Fsp3) is 0.765. The number of nitrogens with zero attached hydrogens (tertiary/aromatic N) is 3. The number of rotatable bonds is 7. The van der Waals surface area contributed by atoms with Crippen LogP contribution in [0.5, 0.6) is 0 Å². The van der Waals surface area contributed by atoms with Gasteiger partial charge in [-0.3, -0.25) is 0 Å². The summed E-state index contributed by atoms with van der Waals surface area (Å²) in [6, 6.07) is 4.84. The maximum absolute atomic E-state index is 4.41. The van der Waals surface area contributed by atoms with Crippen molar-refractivity contribution in [3.8, 4) is 0 Å². The van der Waals surface area contributed by atoms with Crippen molar-refractivity contribution in [1.29, 1.82) is 0 Å². The summed E-state index contributed by atoms with van der Waals surface area (Å²) in [7, 11) is 2.16. The summed E-state index contributed by atoms with van der Waals surface area (Å²) in [5, 5.41) is 12.1. The molecule has 0 bridgehead atoms. The van der Waals surface area contributed by atoms with Gasteiger partial charge in [-0.05, 0) is 56.7 Å². The van der Waals surface area contributed by atoms with Crippen molar-refractivity contribution >= 4 is 5.82 Å². The first-order chi connectivity index (χ1) is 10.2. The van der Waals surface area contributed by atoms with Gasteiger partial charge in [0.05, 0.1) is 5.69 Å². The first kappa shape index (κ1) is 16.2. The summed E-state index contributed by atoms with van der Waals surface area (Å²) in [4.78, 5) is 2.32. The van der Waals surface area contributed by atoms with Gasteiger partial charge in [0.2, 0.25) is 0 Å². The zero-order valence-electron chi connectivity index (χ0n) is 13.8. The molecular weight excluding hydrogens is 260 g/mol. The van der Waals surface area contributed by atoms with E-state index in [-0.39, 0.29) is 0 Å². The smallest absolute Gasteiger partial charge is 0.151 e. The molecule has 0 saturated heterocycles. The van der Waals surface area contributed by atoms with Crippen LogP contribution < -0.4 is 10.2 Å². The second-order valence-electron chi connectivity index (χ2n) is 6.25. The van der Waals surface area contributed by atoms with Gasteiger partial charge in [0.1, 0.15) is 0 Å². The highest BCUT2D eigenvalue weighted by atomic mass is 15.3. The summed E-state index contributed by atoms with van der Waals surface area (Å²) in [5.41, 5.74) is 1.02. The average molecular weight is 290 g/mol. The van der Waals surface area contributed by atoms with Crippen LogP contribution in [0.1, 0.15) is 58.1 Å². The first-order valence-corrected chi connectivity index (χ1v) is 8.50. The molecule has 1 aromatic rings. The molecule has 0 amide bonds. The molecule has 1 N–H and O–H groups in total. The highest BCUT2D eigenvalue weighted by Gasteiger charge is 2.23. The molecule has 1 aliphatic carbocycles. The maximum atomic E-state index is 4.41. The third-order valence-electron chi connectivity index (χ3n) is 4.74. The lowest BCUT2D eigenvalue weighted by Crippen LogP contribution is -2.35. The van der Waals surface area contributed by atoms with Gasteiger partial charge in [-0.2, -0.15) is 5.10 Å². The van der Waals surface area contributed by atoms with E-state index in [4.69, 9.17) is 0 Å². The number of anilines is 1. The van der Waals surface area contributed by atoms with Gasteiger partial charge < -0.3 is 10.2 Å². The Morgan fingerprint density at radius 1 is 1.14 bits per heavy atom. The molecule has 21 heavy (non-hydrogen) atoms. The predicted octanol–water partition coefficient (Wildman–Crippen LogP) is 3.38. The average Bonchev–Trinajstić information content (AvgIpc) is 2.55. The highest BCUT2D eigenvalue weighted by Crippen LogP contribution is 2.30. The van der Waals surface area contributed by atoms with Crippen molar-refractivity contribution in [2.45, 2.75) is 65.0 Å². The van der Waals surface area contributed by atoms with Crippen LogP contribution in [0.3, 0.4) is 0 Å². The lowest BCUT2D eigenvalue weighted by molar-refractivity contribution is 0.312. The second-order valence-corrected chi connectivity index (χ2v) is 6.25. The Balaban J connectivity index is 1.86. The molecule has 1 aromatic heterocycles. The lowest BCUT2D eigenvalue weighted by Gasteiger charge is -2.34. The largest absolute Gasteiger partial charge is 0.355 e. The molecule has 1 aliphatic rings. The topological polar surface area (TPSA) is 41.0 Å². The van der Waals surface area contributed by atoms with Gasteiger partial charge in [-0.1, -0.05) is 20.3 Å². The molecule has 0 atom stereocenters. The molecule has 0 aromatic carbocycles. The van der Waals surface area contributed by atoms with Gasteiger partial charge >= 0.3 is 0 Å². The van der Waals surface area contributed by atoms with Crippen LogP contribution in [0.4, 0.5) is 5.82 Å². The molecule has 4 nitrogen and oxygen atoms in total. The van der Waals surface area contributed by atoms with Crippen molar-refractivity contribution in [3.05, 3.63) is 17.8 Å². The number of nitrogens with one attached hydrogen (secondary N) is 1. The van der Waals surface area contributed by atoms with E-state index in [9.17, 15) is 0 Å². The highest BCUT2D eigenvalue weighted by molar-refractivity contribution is 5.37. The summed E-state index contributed by atoms with van der Waals surface area (Å²) in [6.07, 6.45) is 7.77. The fourth-order valence-corrected chi connectivity index (χ4v) is 3.16. The maximum Gasteiger partial charge on any atom is 0.151 e. The number of aromatic nitrogens is 2. The van der Waals surface area contributed by atoms with E-state index in [1.807, 2.05) is 0 Å². The molecule has 1 saturated carbocycles. The Hall–Kier alpha value is -1.16. The lowest BCUT2D eigenvalue weighted by atomic mass is 9.84. The summed E-state index contributed by atoms with van der Waals surface area (Å²) >= 11 is 0. The monoisotopic (exact) mass is 290 g/mol. The van der Waals surface area contributed by atoms with Crippen molar-refractivity contribution in [2.24, 2.45) is 5.92 Å². The normalized spacial score (nSPS) is 22.2. The number of hydrogen-bond donors (Lipinski definition) is 1. The molecule has 4 heteroatoms. The quantitative estimate of drug-likeness (QED) is 0.782. The van der Waals surface area contributed by atoms with Crippen LogP contribution in [-0.4, -0.2) is 29.8 Å². The minimum absolute atomic E-state index is 0.631. The van der Waals surface area contributed by atoms with Crippen molar-refractivity contribution < 1.29 is 0 Å². The van der Waals surface area contributed by atoms with Gasteiger partial charge in [-0.25, -0.2) is 0 Å². The van der Waals surface area contributed by atoms with Crippen molar-refractivity contribution in [1.82, 2.24) is 15.5 Å². The Labute approximate surface area is 129 Å². The molecule has 2 rings (SSSR count). The first-order valence-electron chi connectivity index (χ1n) is 8.50. The molecule has 0 unspecified atom stereocenters. The summed E-state index contributed by atoms with van der Waals surface area (Å²) < 4.78 is 0. The zero-order valence-corrected chi connectivity index (χ0v) is 13.8. The Bertz CT molecular complexity index is 396. The van der Waals surface area contributed by atoms with Crippen molar-refractivity contribution in [3.63, 3.8) is 0 Å². The van der Waals surface area contributed by atoms with Crippen molar-refractivity contribution in [2.75, 3.05) is 18.5 Å². The SMILES string of the molecule is CCCNCc1ccc(N(C)C2CCC(CC)CC2)nn1. The molecular formula is C17H30N4. The van der Waals surface area contributed by atoms with Gasteiger partial charge in [0, 0.05) is 19.6 Å². The van der Waals surface area contributed by atoms with Crippen LogP contribution in [0, 0.1) is 5.92 Å². The van der Waals surface area contributed by atoms with Gasteiger partial charge in [0.25, 0.3) is 0 Å².